The fourth-order valence-corrected chi connectivity index (χ4v) is 10.1. The summed E-state index contributed by atoms with van der Waals surface area (Å²) >= 11 is 0. The molecule has 3 N–H and O–H groups in total. The first-order valence-corrected chi connectivity index (χ1v) is 32.9. The van der Waals surface area contributed by atoms with Gasteiger partial charge >= 0.3 is 5.97 Å². The number of allylic oxidation sites excluding steroid dienone is 8. The molecule has 0 aromatic rings. The monoisotopic (exact) mass is 1040 g/mol. The molecule has 0 heterocycles. The minimum absolute atomic E-state index is 0.00151. The number of esters is 1. The molecule has 0 aromatic heterocycles. The average Bonchev–Trinajstić information content (AvgIpc) is 3.40. The SMILES string of the molecule is CCC/C=C\C/C=C\CCCCCCCC(=O)OCCCCCCCCCCC/C=C\C/C=C\CCCCCCCCCCCCCCCCCCCC(=O)NC(CO)C(O)CCCCCCCCCCCCC. The highest BCUT2D eigenvalue weighted by Crippen LogP contribution is 2.18. The number of amides is 1. The van der Waals surface area contributed by atoms with Gasteiger partial charge in [0.05, 0.1) is 25.4 Å². The highest BCUT2D eigenvalue weighted by atomic mass is 16.5. The number of rotatable bonds is 61. The van der Waals surface area contributed by atoms with Crippen LogP contribution >= 0.6 is 0 Å². The van der Waals surface area contributed by atoms with E-state index in [0.717, 1.165) is 57.8 Å². The second-order valence-electron chi connectivity index (χ2n) is 22.4. The van der Waals surface area contributed by atoms with Gasteiger partial charge in [0.2, 0.25) is 5.91 Å². The quantitative estimate of drug-likeness (QED) is 0.0320. The van der Waals surface area contributed by atoms with Crippen LogP contribution < -0.4 is 5.32 Å². The fourth-order valence-electron chi connectivity index (χ4n) is 10.1. The molecule has 74 heavy (non-hydrogen) atoms. The van der Waals surface area contributed by atoms with Gasteiger partial charge in [0, 0.05) is 12.8 Å². The largest absolute Gasteiger partial charge is 0.466 e. The number of carbonyl (C=O) groups excluding carboxylic acids is 2. The highest BCUT2D eigenvalue weighted by Gasteiger charge is 2.20. The van der Waals surface area contributed by atoms with Crippen LogP contribution in [0.2, 0.25) is 0 Å². The van der Waals surface area contributed by atoms with Gasteiger partial charge in [-0.15, -0.1) is 0 Å². The van der Waals surface area contributed by atoms with Gasteiger partial charge in [-0.3, -0.25) is 9.59 Å². The molecule has 0 aliphatic rings. The van der Waals surface area contributed by atoms with E-state index < -0.39 is 12.1 Å². The number of aliphatic hydroxyl groups excluding tert-OH is 2. The summed E-state index contributed by atoms with van der Waals surface area (Å²) in [6, 6.07) is -0.539. The van der Waals surface area contributed by atoms with Crippen LogP contribution in [0.5, 0.6) is 0 Å². The molecule has 0 saturated heterocycles. The highest BCUT2D eigenvalue weighted by molar-refractivity contribution is 5.76. The predicted molar refractivity (Wildman–Crippen MR) is 324 cm³/mol. The molecule has 6 heteroatoms. The standard InChI is InChI=1S/C68H127NO5/c1-3-5-7-9-11-13-15-37-42-46-50-54-58-62-68(73)74-63-59-55-51-47-43-39-36-34-32-30-28-26-24-22-20-18-16-17-19-21-23-25-27-29-31-33-35-38-41-45-49-53-57-61-67(72)69-65(64-70)66(71)60-56-52-48-44-40-14-12-10-8-6-4-2/h7,9,13,15,20,22,26,28,65-66,70-71H,3-6,8,10-12,14,16-19,21,23-25,27,29-64H2,1-2H3,(H,69,72)/b9-7-,15-13-,22-20-,28-26-. The second-order valence-corrected chi connectivity index (χ2v) is 22.4. The van der Waals surface area contributed by atoms with Gasteiger partial charge in [-0.05, 0) is 83.5 Å². The van der Waals surface area contributed by atoms with Crippen molar-refractivity contribution in [3.63, 3.8) is 0 Å². The van der Waals surface area contributed by atoms with Gasteiger partial charge in [-0.2, -0.15) is 0 Å². The summed E-state index contributed by atoms with van der Waals surface area (Å²) in [5.41, 5.74) is 0. The molecule has 0 rings (SSSR count). The Bertz CT molecular complexity index is 1240. The summed E-state index contributed by atoms with van der Waals surface area (Å²) in [6.07, 6.45) is 81.5. The minimum Gasteiger partial charge on any atom is -0.466 e. The Morgan fingerprint density at radius 1 is 0.378 bits per heavy atom. The smallest absolute Gasteiger partial charge is 0.305 e. The molecule has 2 unspecified atom stereocenters. The lowest BCUT2D eigenvalue weighted by atomic mass is 10.0. The first-order valence-electron chi connectivity index (χ1n) is 32.9. The first-order chi connectivity index (χ1) is 36.5. The Kier molecular flexibility index (Phi) is 61.5. The normalized spacial score (nSPS) is 12.9. The lowest BCUT2D eigenvalue weighted by molar-refractivity contribution is -0.143. The number of aliphatic hydroxyl groups is 2. The van der Waals surface area contributed by atoms with Crippen LogP contribution in [0.25, 0.3) is 0 Å². The van der Waals surface area contributed by atoms with E-state index in [-0.39, 0.29) is 18.5 Å². The third kappa shape index (κ3) is 59.1. The van der Waals surface area contributed by atoms with Crippen LogP contribution in [-0.2, 0) is 14.3 Å². The molecule has 0 aliphatic heterocycles. The van der Waals surface area contributed by atoms with Crippen molar-refractivity contribution in [3.05, 3.63) is 48.6 Å². The Morgan fingerprint density at radius 3 is 1.08 bits per heavy atom. The van der Waals surface area contributed by atoms with Crippen LogP contribution in [0, 0.1) is 0 Å². The van der Waals surface area contributed by atoms with Crippen LogP contribution in [0.15, 0.2) is 48.6 Å². The number of carbonyl (C=O) groups is 2. The molecule has 0 spiro atoms. The van der Waals surface area contributed by atoms with E-state index in [4.69, 9.17) is 4.74 Å². The van der Waals surface area contributed by atoms with E-state index in [1.165, 1.54) is 257 Å². The molecule has 0 bridgehead atoms. The molecule has 0 radical (unpaired) electrons. The van der Waals surface area contributed by atoms with E-state index in [2.05, 4.69) is 67.8 Å². The van der Waals surface area contributed by atoms with Gasteiger partial charge in [-0.1, -0.05) is 300 Å². The molecule has 434 valence electrons. The van der Waals surface area contributed by atoms with Crippen molar-refractivity contribution in [3.8, 4) is 0 Å². The van der Waals surface area contributed by atoms with Gasteiger partial charge < -0.3 is 20.3 Å². The molecule has 0 fully saturated rings. The maximum absolute atomic E-state index is 12.5. The van der Waals surface area contributed by atoms with E-state index >= 15 is 0 Å². The van der Waals surface area contributed by atoms with Crippen molar-refractivity contribution < 1.29 is 24.5 Å². The first kappa shape index (κ1) is 71.8. The second kappa shape index (κ2) is 63.4. The number of nitrogens with one attached hydrogen (secondary N) is 1. The van der Waals surface area contributed by atoms with Gasteiger partial charge in [0.15, 0.2) is 0 Å². The fraction of sp³-hybridized carbons (Fsp3) is 0.853. The minimum atomic E-state index is -0.662. The summed E-state index contributed by atoms with van der Waals surface area (Å²) in [6.45, 7) is 4.88. The van der Waals surface area contributed by atoms with E-state index in [0.29, 0.717) is 25.9 Å². The number of hydrogen-bond donors (Lipinski definition) is 3. The van der Waals surface area contributed by atoms with Crippen LogP contribution in [0.1, 0.15) is 348 Å². The predicted octanol–water partition coefficient (Wildman–Crippen LogP) is 20.9. The Labute approximate surface area is 461 Å². The summed E-state index contributed by atoms with van der Waals surface area (Å²) in [7, 11) is 0. The lowest BCUT2D eigenvalue weighted by Gasteiger charge is -2.22. The average molecular weight is 1040 g/mol. The van der Waals surface area contributed by atoms with Gasteiger partial charge in [0.1, 0.15) is 0 Å². The third-order valence-corrected chi connectivity index (χ3v) is 15.1. The molecule has 0 aromatic carbocycles. The van der Waals surface area contributed by atoms with Crippen molar-refractivity contribution >= 4 is 11.9 Å². The zero-order chi connectivity index (χ0) is 53.6. The van der Waals surface area contributed by atoms with Crippen molar-refractivity contribution in [2.24, 2.45) is 0 Å². The molecule has 0 saturated carbocycles. The number of unbranched alkanes of at least 4 members (excludes halogenated alkanes) is 42. The maximum Gasteiger partial charge on any atom is 0.305 e. The van der Waals surface area contributed by atoms with E-state index in [1.54, 1.807) is 0 Å². The van der Waals surface area contributed by atoms with Gasteiger partial charge in [0.25, 0.3) is 0 Å². The Hall–Kier alpha value is -2.18. The molecular weight excluding hydrogens is 911 g/mol. The summed E-state index contributed by atoms with van der Waals surface area (Å²) in [5.74, 6) is -0.0348. The Morgan fingerprint density at radius 2 is 0.703 bits per heavy atom. The zero-order valence-electron chi connectivity index (χ0n) is 49.6. The van der Waals surface area contributed by atoms with Crippen molar-refractivity contribution in [1.82, 2.24) is 5.32 Å². The summed E-state index contributed by atoms with van der Waals surface area (Å²) in [4.78, 5) is 24.5. The number of ether oxygens (including phenoxy) is 1. The molecule has 6 nitrogen and oxygen atoms in total. The maximum atomic E-state index is 12.5. The van der Waals surface area contributed by atoms with Crippen molar-refractivity contribution in [2.45, 2.75) is 360 Å². The summed E-state index contributed by atoms with van der Waals surface area (Å²) < 4.78 is 5.47. The zero-order valence-corrected chi connectivity index (χ0v) is 49.6. The van der Waals surface area contributed by atoms with Crippen LogP contribution in [0.4, 0.5) is 0 Å². The Balaban J connectivity index is 3.37. The van der Waals surface area contributed by atoms with Crippen molar-refractivity contribution in [2.75, 3.05) is 13.2 Å². The number of hydrogen-bond acceptors (Lipinski definition) is 5. The molecule has 0 aliphatic carbocycles. The van der Waals surface area contributed by atoms with Crippen LogP contribution in [-0.4, -0.2) is 47.4 Å². The van der Waals surface area contributed by atoms with Gasteiger partial charge in [-0.25, -0.2) is 0 Å². The van der Waals surface area contributed by atoms with E-state index in [9.17, 15) is 19.8 Å². The van der Waals surface area contributed by atoms with Crippen LogP contribution in [0.3, 0.4) is 0 Å². The molecular formula is C68H127NO5. The topological polar surface area (TPSA) is 95.9 Å². The summed E-state index contributed by atoms with van der Waals surface area (Å²) in [5, 5.41) is 23.2. The lowest BCUT2D eigenvalue weighted by Crippen LogP contribution is -2.45. The third-order valence-electron chi connectivity index (χ3n) is 15.1. The van der Waals surface area contributed by atoms with E-state index in [1.807, 2.05) is 0 Å². The van der Waals surface area contributed by atoms with Crippen molar-refractivity contribution in [1.29, 1.82) is 0 Å². The molecule has 1 amide bonds. The molecule has 2 atom stereocenters.